The Morgan fingerprint density at radius 2 is 1.65 bits per heavy atom. The maximum Gasteiger partial charge on any atom is 0.153 e. The van der Waals surface area contributed by atoms with Crippen LogP contribution in [0.3, 0.4) is 0 Å². The van der Waals surface area contributed by atoms with E-state index in [0.717, 1.165) is 28.6 Å². The third kappa shape index (κ3) is 3.48. The summed E-state index contributed by atoms with van der Waals surface area (Å²) in [6.45, 7) is 2.69. The number of benzene rings is 2. The summed E-state index contributed by atoms with van der Waals surface area (Å²) in [5, 5.41) is 1.04. The smallest absolute Gasteiger partial charge is 0.153 e. The highest BCUT2D eigenvalue weighted by molar-refractivity contribution is 5.84. The number of carbonyl (C=O) groups is 1. The largest absolute Gasteiger partial charge is 0.489 e. The molecule has 1 heterocycles. The summed E-state index contributed by atoms with van der Waals surface area (Å²) < 4.78 is 11.4. The minimum atomic E-state index is 0.354. The minimum Gasteiger partial charge on any atom is -0.489 e. The average molecular weight is 307 g/mol. The van der Waals surface area contributed by atoms with E-state index in [4.69, 9.17) is 9.47 Å². The first-order valence-electron chi connectivity index (χ1n) is 7.44. The predicted molar refractivity (Wildman–Crippen MR) is 89.3 cm³/mol. The van der Waals surface area contributed by atoms with E-state index in [0.29, 0.717) is 24.5 Å². The fourth-order valence-corrected chi connectivity index (χ4v) is 2.35. The molecule has 0 amide bonds. The second-order valence-electron chi connectivity index (χ2n) is 5.13. The van der Waals surface area contributed by atoms with Crippen LogP contribution in [-0.2, 0) is 0 Å². The number of fused-ring (bicyclic) bond motifs is 1. The molecule has 0 radical (unpaired) electrons. The zero-order valence-electron chi connectivity index (χ0n) is 12.9. The van der Waals surface area contributed by atoms with Gasteiger partial charge in [0.1, 0.15) is 30.2 Å². The van der Waals surface area contributed by atoms with E-state index in [-0.39, 0.29) is 0 Å². The Labute approximate surface area is 134 Å². The molecule has 0 spiro atoms. The van der Waals surface area contributed by atoms with Crippen molar-refractivity contribution in [2.24, 2.45) is 0 Å². The van der Waals surface area contributed by atoms with Gasteiger partial charge in [-0.1, -0.05) is 30.3 Å². The number of hydrogen-bond donors (Lipinski definition) is 0. The number of pyridine rings is 1. The van der Waals surface area contributed by atoms with Crippen molar-refractivity contribution in [3.8, 4) is 11.5 Å². The Bertz CT molecular complexity index is 830. The highest BCUT2D eigenvalue weighted by Crippen LogP contribution is 2.24. The lowest BCUT2D eigenvalue weighted by atomic mass is 10.2. The molecule has 2 aromatic carbocycles. The summed E-state index contributed by atoms with van der Waals surface area (Å²) in [4.78, 5) is 15.5. The topological polar surface area (TPSA) is 48.4 Å². The van der Waals surface area contributed by atoms with Gasteiger partial charge in [-0.3, -0.25) is 4.79 Å². The van der Waals surface area contributed by atoms with Crippen LogP contribution in [0.2, 0.25) is 0 Å². The average Bonchev–Trinajstić information content (AvgIpc) is 2.59. The second kappa shape index (κ2) is 6.92. The van der Waals surface area contributed by atoms with Crippen molar-refractivity contribution in [3.05, 3.63) is 65.9 Å². The van der Waals surface area contributed by atoms with Crippen LogP contribution in [0.1, 0.15) is 16.1 Å². The number of hydrogen-bond acceptors (Lipinski definition) is 4. The molecule has 0 atom stereocenters. The Kier molecular flexibility index (Phi) is 4.52. The van der Waals surface area contributed by atoms with Gasteiger partial charge in [-0.2, -0.15) is 0 Å². The van der Waals surface area contributed by atoms with Crippen LogP contribution in [0, 0.1) is 6.92 Å². The molecule has 4 heteroatoms. The molecule has 0 bridgehead atoms. The molecule has 1 aromatic heterocycles. The number of carbonyl (C=O) groups excluding carboxylic acids is 1. The molecular formula is C19H17NO3. The Balaban J connectivity index is 1.65. The molecule has 0 aliphatic heterocycles. The van der Waals surface area contributed by atoms with Crippen molar-refractivity contribution < 1.29 is 14.3 Å². The second-order valence-corrected chi connectivity index (χ2v) is 5.13. The van der Waals surface area contributed by atoms with E-state index in [1.165, 1.54) is 0 Å². The van der Waals surface area contributed by atoms with Gasteiger partial charge in [-0.25, -0.2) is 4.98 Å². The van der Waals surface area contributed by atoms with Gasteiger partial charge in [-0.05, 0) is 31.2 Å². The number of rotatable bonds is 6. The highest BCUT2D eigenvalue weighted by atomic mass is 16.5. The Morgan fingerprint density at radius 1 is 0.913 bits per heavy atom. The van der Waals surface area contributed by atoms with Gasteiger partial charge in [0.2, 0.25) is 0 Å². The van der Waals surface area contributed by atoms with Crippen molar-refractivity contribution in [2.45, 2.75) is 6.92 Å². The fraction of sp³-hybridized carbons (Fsp3) is 0.158. The first kappa shape index (κ1) is 15.0. The zero-order valence-corrected chi connectivity index (χ0v) is 12.9. The molecule has 0 aliphatic carbocycles. The number of para-hydroxylation sites is 2. The van der Waals surface area contributed by atoms with Crippen LogP contribution in [0.25, 0.3) is 10.9 Å². The van der Waals surface area contributed by atoms with Crippen LogP contribution in [0.15, 0.2) is 54.6 Å². The summed E-state index contributed by atoms with van der Waals surface area (Å²) in [7, 11) is 0. The maximum absolute atomic E-state index is 10.9. The van der Waals surface area contributed by atoms with Gasteiger partial charge < -0.3 is 9.47 Å². The van der Waals surface area contributed by atoms with E-state index in [2.05, 4.69) is 4.98 Å². The van der Waals surface area contributed by atoms with E-state index >= 15 is 0 Å². The number of aldehydes is 1. The van der Waals surface area contributed by atoms with Gasteiger partial charge in [0.15, 0.2) is 6.29 Å². The quantitative estimate of drug-likeness (QED) is 0.513. The normalized spacial score (nSPS) is 10.5. The highest BCUT2D eigenvalue weighted by Gasteiger charge is 2.05. The molecule has 0 N–H and O–H groups in total. The van der Waals surface area contributed by atoms with Gasteiger partial charge >= 0.3 is 0 Å². The Hall–Kier alpha value is -2.88. The molecule has 3 aromatic rings. The first-order chi connectivity index (χ1) is 11.3. The molecule has 0 unspecified atom stereocenters. The lowest BCUT2D eigenvalue weighted by molar-refractivity contribution is 0.111. The molecular weight excluding hydrogens is 290 g/mol. The van der Waals surface area contributed by atoms with E-state index in [9.17, 15) is 4.79 Å². The monoisotopic (exact) mass is 307 g/mol. The van der Waals surface area contributed by atoms with Gasteiger partial charge in [0, 0.05) is 11.1 Å². The molecule has 0 saturated heterocycles. The third-order valence-corrected chi connectivity index (χ3v) is 3.47. The van der Waals surface area contributed by atoms with Crippen LogP contribution in [0.5, 0.6) is 11.5 Å². The molecule has 0 fully saturated rings. The standard InChI is InChI=1S/C19H17NO3/c1-14-9-10-15-6-4-8-18(19(15)20-14)23-12-11-22-17-7-3-2-5-16(17)13-21/h2-10,13H,11-12H2,1H3. The SMILES string of the molecule is Cc1ccc2cccc(OCCOc3ccccc3C=O)c2n1. The zero-order chi connectivity index (χ0) is 16.1. The summed E-state index contributed by atoms with van der Waals surface area (Å²) in [5.41, 5.74) is 2.33. The van der Waals surface area contributed by atoms with Gasteiger partial charge in [-0.15, -0.1) is 0 Å². The molecule has 0 saturated carbocycles. The van der Waals surface area contributed by atoms with E-state index in [1.54, 1.807) is 18.2 Å². The minimum absolute atomic E-state index is 0.354. The van der Waals surface area contributed by atoms with E-state index < -0.39 is 0 Å². The van der Waals surface area contributed by atoms with Gasteiger partial charge in [0.25, 0.3) is 0 Å². The predicted octanol–water partition coefficient (Wildman–Crippen LogP) is 3.81. The molecule has 3 rings (SSSR count). The van der Waals surface area contributed by atoms with Crippen LogP contribution in [-0.4, -0.2) is 24.5 Å². The molecule has 4 nitrogen and oxygen atoms in total. The number of nitrogens with zero attached hydrogens (tertiary/aromatic N) is 1. The molecule has 0 aliphatic rings. The molecule has 116 valence electrons. The molecule has 23 heavy (non-hydrogen) atoms. The van der Waals surface area contributed by atoms with Crippen molar-refractivity contribution in [3.63, 3.8) is 0 Å². The van der Waals surface area contributed by atoms with Crippen LogP contribution < -0.4 is 9.47 Å². The fourth-order valence-electron chi connectivity index (χ4n) is 2.35. The summed E-state index contributed by atoms with van der Waals surface area (Å²) in [5.74, 6) is 1.30. The maximum atomic E-state index is 10.9. The third-order valence-electron chi connectivity index (χ3n) is 3.47. The number of ether oxygens (including phenoxy) is 2. The van der Waals surface area contributed by atoms with Crippen molar-refractivity contribution in [2.75, 3.05) is 13.2 Å². The summed E-state index contributed by atoms with van der Waals surface area (Å²) in [6.07, 6.45) is 0.785. The van der Waals surface area contributed by atoms with E-state index in [1.807, 2.05) is 43.3 Å². The van der Waals surface area contributed by atoms with Crippen LogP contribution in [0.4, 0.5) is 0 Å². The Morgan fingerprint density at radius 3 is 2.48 bits per heavy atom. The number of aryl methyl sites for hydroxylation is 1. The van der Waals surface area contributed by atoms with Crippen molar-refractivity contribution in [1.29, 1.82) is 0 Å². The lowest BCUT2D eigenvalue weighted by Gasteiger charge is -2.11. The summed E-state index contributed by atoms with van der Waals surface area (Å²) in [6, 6.07) is 17.0. The number of aromatic nitrogens is 1. The van der Waals surface area contributed by atoms with Gasteiger partial charge in [0.05, 0.1) is 5.56 Å². The van der Waals surface area contributed by atoms with Crippen molar-refractivity contribution >= 4 is 17.2 Å². The lowest BCUT2D eigenvalue weighted by Crippen LogP contribution is -2.10. The van der Waals surface area contributed by atoms with Crippen molar-refractivity contribution in [1.82, 2.24) is 4.98 Å². The summed E-state index contributed by atoms with van der Waals surface area (Å²) >= 11 is 0. The first-order valence-corrected chi connectivity index (χ1v) is 7.44. The van der Waals surface area contributed by atoms with Crippen LogP contribution >= 0.6 is 0 Å².